The second-order valence-electron chi connectivity index (χ2n) is 7.38. The minimum atomic E-state index is -0.524. The van der Waals surface area contributed by atoms with Crippen LogP contribution in [0.4, 0.5) is 0 Å². The fourth-order valence-corrected chi connectivity index (χ4v) is 3.76. The van der Waals surface area contributed by atoms with Gasteiger partial charge in [-0.2, -0.15) is 5.10 Å². The Bertz CT molecular complexity index is 1590. The first kappa shape index (κ1) is 19.0. The van der Waals surface area contributed by atoms with Crippen molar-refractivity contribution in [3.63, 3.8) is 0 Å². The monoisotopic (exact) mass is 440 g/mol. The van der Waals surface area contributed by atoms with E-state index >= 15 is 0 Å². The van der Waals surface area contributed by atoms with Crippen LogP contribution in [0.25, 0.3) is 27.8 Å². The lowest BCUT2D eigenvalue weighted by atomic mass is 10.1. The highest BCUT2D eigenvalue weighted by Crippen LogP contribution is 2.30. The van der Waals surface area contributed by atoms with Crippen molar-refractivity contribution in [2.45, 2.75) is 0 Å². The van der Waals surface area contributed by atoms with E-state index < -0.39 is 11.5 Å². The smallest absolute Gasteiger partial charge is 0.299 e. The van der Waals surface area contributed by atoms with Crippen LogP contribution in [0.1, 0.15) is 10.4 Å². The predicted molar refractivity (Wildman–Crippen MR) is 119 cm³/mol. The van der Waals surface area contributed by atoms with Crippen LogP contribution in [0.15, 0.2) is 71.8 Å². The fourth-order valence-electron chi connectivity index (χ4n) is 3.76. The lowest BCUT2D eigenvalue weighted by Gasteiger charge is -2.18. The summed E-state index contributed by atoms with van der Waals surface area (Å²) in [6, 6.07) is 16.2. The predicted octanol–water partition coefficient (Wildman–Crippen LogP) is 2.26. The molecule has 3 aromatic heterocycles. The molecule has 10 nitrogen and oxygen atoms in total. The van der Waals surface area contributed by atoms with Gasteiger partial charge in [-0.05, 0) is 29.8 Å². The Kier molecular flexibility index (Phi) is 4.29. The maximum Gasteiger partial charge on any atom is 0.299 e. The SMILES string of the molecule is O=C(Nn1ccc2c(nnc3c(-c4ccccc4)cnn32)c1=O)c1ccc2c(c1)OCCO2. The number of nitrogens with zero attached hydrogens (tertiary/aromatic N) is 5. The van der Waals surface area contributed by atoms with Crippen LogP contribution >= 0.6 is 0 Å². The van der Waals surface area contributed by atoms with Gasteiger partial charge in [0.25, 0.3) is 11.5 Å². The lowest BCUT2D eigenvalue weighted by molar-refractivity contribution is 0.101. The number of pyridine rings is 1. The third kappa shape index (κ3) is 3.16. The van der Waals surface area contributed by atoms with Crippen LogP contribution < -0.4 is 20.5 Å². The fraction of sp³-hybridized carbons (Fsp3) is 0.0870. The maximum absolute atomic E-state index is 13.0. The average molecular weight is 440 g/mol. The molecule has 0 bridgehead atoms. The van der Waals surface area contributed by atoms with Gasteiger partial charge in [0.15, 0.2) is 22.7 Å². The molecule has 1 N–H and O–H groups in total. The van der Waals surface area contributed by atoms with Gasteiger partial charge in [0.1, 0.15) is 18.7 Å². The molecular formula is C23H16N6O4. The number of hydrogen-bond donors (Lipinski definition) is 1. The number of rotatable bonds is 3. The third-order valence-corrected chi connectivity index (χ3v) is 5.37. The van der Waals surface area contributed by atoms with Gasteiger partial charge in [0, 0.05) is 17.3 Å². The first-order valence-corrected chi connectivity index (χ1v) is 10.2. The number of ether oxygens (including phenoxy) is 2. The van der Waals surface area contributed by atoms with E-state index in [1.54, 1.807) is 35.0 Å². The molecule has 0 spiro atoms. The lowest BCUT2D eigenvalue weighted by Crippen LogP contribution is -2.33. The molecule has 1 aliphatic rings. The topological polar surface area (TPSA) is 113 Å². The van der Waals surface area contributed by atoms with E-state index in [2.05, 4.69) is 20.7 Å². The summed E-state index contributed by atoms with van der Waals surface area (Å²) in [5.41, 5.74) is 5.23. The average Bonchev–Trinajstić information content (AvgIpc) is 3.30. The van der Waals surface area contributed by atoms with E-state index in [1.807, 2.05) is 30.3 Å². The maximum atomic E-state index is 13.0. The third-order valence-electron chi connectivity index (χ3n) is 5.37. The molecule has 4 heterocycles. The van der Waals surface area contributed by atoms with E-state index in [9.17, 15) is 9.59 Å². The Balaban J connectivity index is 1.36. The molecule has 0 saturated heterocycles. The van der Waals surface area contributed by atoms with E-state index in [4.69, 9.17) is 9.47 Å². The largest absolute Gasteiger partial charge is 0.486 e. The van der Waals surface area contributed by atoms with Gasteiger partial charge in [0.2, 0.25) is 0 Å². The number of carbonyl (C=O) groups excluding carboxylic acids is 1. The molecule has 0 unspecified atom stereocenters. The quantitative estimate of drug-likeness (QED) is 0.458. The van der Waals surface area contributed by atoms with Gasteiger partial charge in [-0.15, -0.1) is 10.2 Å². The molecule has 162 valence electrons. The van der Waals surface area contributed by atoms with Crippen molar-refractivity contribution in [3.8, 4) is 22.6 Å². The number of hydrogen-bond acceptors (Lipinski definition) is 7. The van der Waals surface area contributed by atoms with Gasteiger partial charge in [-0.25, -0.2) is 9.19 Å². The number of fused-ring (bicyclic) bond motifs is 4. The summed E-state index contributed by atoms with van der Waals surface area (Å²) in [7, 11) is 0. The summed E-state index contributed by atoms with van der Waals surface area (Å²) in [4.78, 5) is 25.7. The highest BCUT2D eigenvalue weighted by Gasteiger charge is 2.17. The van der Waals surface area contributed by atoms with Crippen LogP contribution in [0.5, 0.6) is 11.5 Å². The van der Waals surface area contributed by atoms with Crippen molar-refractivity contribution in [2.24, 2.45) is 0 Å². The Morgan fingerprint density at radius 2 is 1.79 bits per heavy atom. The van der Waals surface area contributed by atoms with Gasteiger partial charge in [-0.1, -0.05) is 30.3 Å². The Labute approximate surface area is 186 Å². The number of nitrogens with one attached hydrogen (secondary N) is 1. The summed E-state index contributed by atoms with van der Waals surface area (Å²) >= 11 is 0. The molecule has 1 amide bonds. The molecule has 0 radical (unpaired) electrons. The Morgan fingerprint density at radius 1 is 0.970 bits per heavy atom. The van der Waals surface area contributed by atoms with Gasteiger partial charge in [-0.3, -0.25) is 15.0 Å². The minimum Gasteiger partial charge on any atom is -0.486 e. The van der Waals surface area contributed by atoms with Crippen molar-refractivity contribution in [1.29, 1.82) is 0 Å². The standard InChI is InChI=1S/C23H16N6O4/c30-22(15-6-7-18-19(12-15)33-11-10-32-18)27-28-9-8-17-20(23(28)31)25-26-21-16(13-24-29(17)21)14-4-2-1-3-5-14/h1-9,12-13H,10-11H2,(H,27,30). The first-order chi connectivity index (χ1) is 16.2. The molecule has 0 saturated carbocycles. The van der Waals surface area contributed by atoms with Crippen molar-refractivity contribution < 1.29 is 14.3 Å². The van der Waals surface area contributed by atoms with Crippen molar-refractivity contribution >= 4 is 22.6 Å². The highest BCUT2D eigenvalue weighted by molar-refractivity contribution is 6.00. The van der Waals surface area contributed by atoms with Gasteiger partial charge >= 0.3 is 0 Å². The normalized spacial score (nSPS) is 12.7. The number of aromatic nitrogens is 5. The van der Waals surface area contributed by atoms with Crippen LogP contribution in [0.2, 0.25) is 0 Å². The van der Waals surface area contributed by atoms with Crippen molar-refractivity contribution in [2.75, 3.05) is 18.6 Å². The van der Waals surface area contributed by atoms with E-state index in [0.29, 0.717) is 41.4 Å². The first-order valence-electron chi connectivity index (χ1n) is 10.2. The van der Waals surface area contributed by atoms with E-state index in [-0.39, 0.29) is 5.52 Å². The second-order valence-corrected chi connectivity index (χ2v) is 7.38. The summed E-state index contributed by atoms with van der Waals surface area (Å²) < 4.78 is 13.6. The molecule has 0 aliphatic carbocycles. The van der Waals surface area contributed by atoms with Crippen LogP contribution in [0, 0.1) is 0 Å². The molecular weight excluding hydrogens is 424 g/mol. The summed E-state index contributed by atoms with van der Waals surface area (Å²) in [6.07, 6.45) is 3.15. The zero-order valence-electron chi connectivity index (χ0n) is 17.1. The number of benzene rings is 2. The minimum absolute atomic E-state index is 0.0789. The highest BCUT2D eigenvalue weighted by atomic mass is 16.6. The van der Waals surface area contributed by atoms with Crippen molar-refractivity contribution in [1.82, 2.24) is 24.5 Å². The molecule has 1 aliphatic heterocycles. The summed E-state index contributed by atoms with van der Waals surface area (Å²) in [5.74, 6) is 0.586. The molecule has 33 heavy (non-hydrogen) atoms. The number of amides is 1. The van der Waals surface area contributed by atoms with Crippen LogP contribution in [-0.4, -0.2) is 43.6 Å². The van der Waals surface area contributed by atoms with Crippen LogP contribution in [-0.2, 0) is 0 Å². The molecule has 0 atom stereocenters. The Hall–Kier alpha value is -4.73. The van der Waals surface area contributed by atoms with Gasteiger partial charge < -0.3 is 9.47 Å². The molecule has 6 rings (SSSR count). The van der Waals surface area contributed by atoms with Gasteiger partial charge in [0.05, 0.1) is 6.20 Å². The zero-order chi connectivity index (χ0) is 22.4. The molecule has 10 heteroatoms. The molecule has 5 aromatic rings. The Morgan fingerprint density at radius 3 is 2.64 bits per heavy atom. The second kappa shape index (κ2) is 7.45. The van der Waals surface area contributed by atoms with Crippen molar-refractivity contribution in [3.05, 3.63) is 82.9 Å². The zero-order valence-corrected chi connectivity index (χ0v) is 17.1. The van der Waals surface area contributed by atoms with E-state index in [0.717, 1.165) is 15.8 Å². The summed E-state index contributed by atoms with van der Waals surface area (Å²) in [6.45, 7) is 0.872. The number of carbonyl (C=O) groups is 1. The molecule has 2 aromatic carbocycles. The van der Waals surface area contributed by atoms with E-state index in [1.165, 1.54) is 6.20 Å². The van der Waals surface area contributed by atoms with Crippen LogP contribution in [0.3, 0.4) is 0 Å². The molecule has 0 fully saturated rings. The summed E-state index contributed by atoms with van der Waals surface area (Å²) in [5, 5.41) is 12.8.